The second kappa shape index (κ2) is 6.05. The van der Waals surface area contributed by atoms with Crippen molar-refractivity contribution in [2.45, 2.75) is 26.1 Å². The first-order chi connectivity index (χ1) is 4.31. The van der Waals surface area contributed by atoms with Gasteiger partial charge in [0.1, 0.15) is 0 Å². The lowest BCUT2D eigenvalue weighted by atomic mass is 10.4. The summed E-state index contributed by atoms with van der Waals surface area (Å²) in [4.78, 5) is 0. The molecule has 0 amide bonds. The molecule has 0 spiro atoms. The highest BCUT2D eigenvalue weighted by molar-refractivity contribution is 4.39. The molecule has 0 N–H and O–H groups in total. The third-order valence-electron chi connectivity index (χ3n) is 1.08. The molecular weight excluding hydrogens is 116 g/mol. The van der Waals surface area contributed by atoms with Crippen molar-refractivity contribution in [1.82, 2.24) is 0 Å². The summed E-state index contributed by atoms with van der Waals surface area (Å²) in [6.07, 6.45) is 1.86. The van der Waals surface area contributed by atoms with E-state index in [2.05, 4.69) is 6.92 Å². The van der Waals surface area contributed by atoms with Crippen LogP contribution >= 0.6 is 0 Å². The Labute approximate surface area is 57.2 Å². The lowest BCUT2D eigenvalue weighted by Crippen LogP contribution is -2.10. The molecule has 1 atom stereocenters. The number of hydrogen-bond acceptors (Lipinski definition) is 2. The van der Waals surface area contributed by atoms with Crippen molar-refractivity contribution in [3.8, 4) is 0 Å². The van der Waals surface area contributed by atoms with E-state index in [0.29, 0.717) is 0 Å². The molecule has 2 heteroatoms. The molecule has 0 saturated heterocycles. The molecule has 0 aliphatic heterocycles. The van der Waals surface area contributed by atoms with Gasteiger partial charge in [-0.05, 0) is 13.3 Å². The highest BCUT2D eigenvalue weighted by atomic mass is 16.7. The normalized spacial score (nSPS) is 13.7. The van der Waals surface area contributed by atoms with Crippen molar-refractivity contribution in [2.24, 2.45) is 0 Å². The number of ether oxygens (including phenoxy) is 2. The zero-order chi connectivity index (χ0) is 7.11. The minimum Gasteiger partial charge on any atom is -0.356 e. The Bertz CT molecular complexity index is 54.9. The average molecular weight is 131 g/mol. The average Bonchev–Trinajstić information content (AvgIpc) is 1.89. The fraction of sp³-hybridized carbons (Fsp3) is 0.857. The van der Waals surface area contributed by atoms with Crippen LogP contribution in [0.15, 0.2) is 0 Å². The Kier molecular flexibility index (Phi) is 5.99. The van der Waals surface area contributed by atoms with E-state index >= 15 is 0 Å². The van der Waals surface area contributed by atoms with Crippen LogP contribution in [0, 0.1) is 6.92 Å². The Morgan fingerprint density at radius 3 is 2.67 bits per heavy atom. The molecule has 0 saturated carbocycles. The monoisotopic (exact) mass is 131 g/mol. The van der Waals surface area contributed by atoms with Crippen LogP contribution in [0.5, 0.6) is 0 Å². The number of rotatable bonds is 5. The molecule has 0 rings (SSSR count). The van der Waals surface area contributed by atoms with E-state index in [4.69, 9.17) is 9.47 Å². The molecule has 0 aromatic carbocycles. The fourth-order valence-electron chi connectivity index (χ4n) is 0.419. The van der Waals surface area contributed by atoms with Crippen LogP contribution < -0.4 is 0 Å². The molecule has 2 nitrogen and oxygen atoms in total. The smallest absolute Gasteiger partial charge is 0.154 e. The summed E-state index contributed by atoms with van der Waals surface area (Å²) in [5.74, 6) is 0. The molecule has 0 heterocycles. The molecule has 9 heavy (non-hydrogen) atoms. The molecule has 55 valence electrons. The number of unbranched alkanes of at least 4 members (excludes halogenated alkanes) is 1. The largest absolute Gasteiger partial charge is 0.356 e. The van der Waals surface area contributed by atoms with Gasteiger partial charge in [-0.25, -0.2) is 0 Å². The summed E-state index contributed by atoms with van der Waals surface area (Å²) < 4.78 is 10.0. The number of methoxy groups -OCH3 is 1. The zero-order valence-electron chi connectivity index (χ0n) is 6.22. The van der Waals surface area contributed by atoms with Crippen LogP contribution in [0.3, 0.4) is 0 Å². The van der Waals surface area contributed by atoms with Crippen LogP contribution in [0.1, 0.15) is 19.8 Å². The first kappa shape index (κ1) is 8.92. The second-order valence-electron chi connectivity index (χ2n) is 1.88. The molecule has 0 aliphatic carbocycles. The van der Waals surface area contributed by atoms with E-state index in [1.54, 1.807) is 7.11 Å². The van der Waals surface area contributed by atoms with Crippen molar-refractivity contribution in [3.63, 3.8) is 0 Å². The first-order valence-electron chi connectivity index (χ1n) is 3.25. The SMILES string of the molecule is [CH2]CCCOC(C)OC. The van der Waals surface area contributed by atoms with Crippen LogP contribution in [0.2, 0.25) is 0 Å². The lowest BCUT2D eigenvalue weighted by Gasteiger charge is -2.09. The van der Waals surface area contributed by atoms with Crippen LogP contribution in [-0.4, -0.2) is 20.0 Å². The van der Waals surface area contributed by atoms with Gasteiger partial charge in [0, 0.05) is 13.7 Å². The van der Waals surface area contributed by atoms with E-state index in [9.17, 15) is 0 Å². The minimum atomic E-state index is -0.0726. The Balaban J connectivity index is 2.88. The van der Waals surface area contributed by atoms with Gasteiger partial charge < -0.3 is 9.47 Å². The predicted molar refractivity (Wildman–Crippen MR) is 37.0 cm³/mol. The van der Waals surface area contributed by atoms with Crippen LogP contribution in [-0.2, 0) is 9.47 Å². The maximum Gasteiger partial charge on any atom is 0.154 e. The van der Waals surface area contributed by atoms with E-state index < -0.39 is 0 Å². The summed E-state index contributed by atoms with van der Waals surface area (Å²) in [5, 5.41) is 0. The van der Waals surface area contributed by atoms with Crippen molar-refractivity contribution in [1.29, 1.82) is 0 Å². The maximum atomic E-state index is 5.17. The molecule has 1 unspecified atom stereocenters. The summed E-state index contributed by atoms with van der Waals surface area (Å²) in [6, 6.07) is 0. The molecule has 0 aliphatic rings. The summed E-state index contributed by atoms with van der Waals surface area (Å²) in [5.41, 5.74) is 0. The van der Waals surface area contributed by atoms with E-state index in [0.717, 1.165) is 19.4 Å². The van der Waals surface area contributed by atoms with E-state index in [1.165, 1.54) is 0 Å². The van der Waals surface area contributed by atoms with Crippen LogP contribution in [0.25, 0.3) is 0 Å². The Hall–Kier alpha value is -0.0800. The summed E-state index contributed by atoms with van der Waals surface area (Å²) >= 11 is 0. The van der Waals surface area contributed by atoms with Gasteiger partial charge in [-0.3, -0.25) is 0 Å². The third-order valence-corrected chi connectivity index (χ3v) is 1.08. The minimum absolute atomic E-state index is 0.0726. The lowest BCUT2D eigenvalue weighted by molar-refractivity contribution is -0.111. The number of hydrogen-bond donors (Lipinski definition) is 0. The molecule has 0 bridgehead atoms. The van der Waals surface area contributed by atoms with E-state index in [1.807, 2.05) is 6.92 Å². The summed E-state index contributed by atoms with van der Waals surface area (Å²) in [6.45, 7) is 6.31. The highest BCUT2D eigenvalue weighted by Gasteiger charge is 1.95. The maximum absolute atomic E-state index is 5.17. The Morgan fingerprint density at radius 2 is 2.22 bits per heavy atom. The predicted octanol–water partition coefficient (Wildman–Crippen LogP) is 1.61. The van der Waals surface area contributed by atoms with Gasteiger partial charge >= 0.3 is 0 Å². The zero-order valence-corrected chi connectivity index (χ0v) is 6.22. The van der Waals surface area contributed by atoms with Gasteiger partial charge in [-0.1, -0.05) is 13.3 Å². The first-order valence-corrected chi connectivity index (χ1v) is 3.25. The fourth-order valence-corrected chi connectivity index (χ4v) is 0.419. The van der Waals surface area contributed by atoms with Crippen molar-refractivity contribution >= 4 is 0 Å². The quantitative estimate of drug-likeness (QED) is 0.417. The topological polar surface area (TPSA) is 18.5 Å². The van der Waals surface area contributed by atoms with Gasteiger partial charge in [-0.15, -0.1) is 0 Å². The Morgan fingerprint density at radius 1 is 1.56 bits per heavy atom. The standard InChI is InChI=1S/C7H15O2/c1-4-5-6-9-7(2)8-3/h7H,1,4-6H2,2-3H3. The van der Waals surface area contributed by atoms with Gasteiger partial charge in [0.2, 0.25) is 0 Å². The summed E-state index contributed by atoms with van der Waals surface area (Å²) in [7, 11) is 1.63. The van der Waals surface area contributed by atoms with Crippen molar-refractivity contribution < 1.29 is 9.47 Å². The molecule has 0 aromatic heterocycles. The molecule has 0 aromatic rings. The second-order valence-corrected chi connectivity index (χ2v) is 1.88. The third kappa shape index (κ3) is 5.80. The molecule has 1 radical (unpaired) electrons. The van der Waals surface area contributed by atoms with Gasteiger partial charge in [-0.2, -0.15) is 0 Å². The molecule has 0 fully saturated rings. The molecular formula is C7H15O2. The van der Waals surface area contributed by atoms with Crippen molar-refractivity contribution in [2.75, 3.05) is 13.7 Å². The highest BCUT2D eigenvalue weighted by Crippen LogP contribution is 1.93. The van der Waals surface area contributed by atoms with Gasteiger partial charge in [0.15, 0.2) is 6.29 Å². The van der Waals surface area contributed by atoms with Gasteiger partial charge in [0.25, 0.3) is 0 Å². The van der Waals surface area contributed by atoms with Crippen molar-refractivity contribution in [3.05, 3.63) is 6.92 Å². The van der Waals surface area contributed by atoms with Gasteiger partial charge in [0.05, 0.1) is 0 Å². The van der Waals surface area contributed by atoms with Crippen LogP contribution in [0.4, 0.5) is 0 Å². The van der Waals surface area contributed by atoms with E-state index in [-0.39, 0.29) is 6.29 Å².